The maximum Gasteiger partial charge on any atom is 0.123 e. The van der Waals surface area contributed by atoms with Crippen LogP contribution in [-0.4, -0.2) is 6.04 Å². The van der Waals surface area contributed by atoms with Crippen molar-refractivity contribution in [3.05, 3.63) is 48.3 Å². The number of nitrogens with one attached hydrogen (secondary N) is 1. The summed E-state index contributed by atoms with van der Waals surface area (Å²) in [5, 5.41) is 3.62. The molecule has 1 fully saturated rings. The first kappa shape index (κ1) is 12.3. The van der Waals surface area contributed by atoms with Crippen molar-refractivity contribution in [3.8, 4) is 0 Å². The minimum absolute atomic E-state index is 0.164. The lowest BCUT2D eigenvalue weighted by Gasteiger charge is -2.23. The predicted octanol–water partition coefficient (Wildman–Crippen LogP) is 3.83. The molecule has 0 spiro atoms. The second-order valence-electron chi connectivity index (χ2n) is 4.96. The molecule has 2 rings (SSSR count). The van der Waals surface area contributed by atoms with E-state index in [4.69, 9.17) is 0 Å². The topological polar surface area (TPSA) is 12.0 Å². The van der Waals surface area contributed by atoms with Crippen LogP contribution in [0.3, 0.4) is 0 Å². The molecular formula is C15H20FN. The normalized spacial score (nSPS) is 18.7. The van der Waals surface area contributed by atoms with Gasteiger partial charge in [0.05, 0.1) is 0 Å². The van der Waals surface area contributed by atoms with E-state index in [1.807, 2.05) is 18.2 Å². The first-order chi connectivity index (χ1) is 8.20. The van der Waals surface area contributed by atoms with Crippen LogP contribution >= 0.6 is 0 Å². The van der Waals surface area contributed by atoms with Gasteiger partial charge in [-0.25, -0.2) is 4.39 Å². The van der Waals surface area contributed by atoms with Crippen LogP contribution in [0.25, 0.3) is 0 Å². The van der Waals surface area contributed by atoms with Crippen LogP contribution in [0, 0.1) is 11.7 Å². The van der Waals surface area contributed by atoms with Crippen molar-refractivity contribution in [2.75, 3.05) is 0 Å². The Hall–Kier alpha value is -1.15. The van der Waals surface area contributed by atoms with Crippen molar-refractivity contribution in [2.45, 2.75) is 38.3 Å². The number of halogens is 1. The van der Waals surface area contributed by atoms with Crippen LogP contribution in [0.1, 0.15) is 37.8 Å². The summed E-state index contributed by atoms with van der Waals surface area (Å²) >= 11 is 0. The minimum Gasteiger partial charge on any atom is -0.307 e. The van der Waals surface area contributed by atoms with Gasteiger partial charge in [0.2, 0.25) is 0 Å². The lowest BCUT2D eigenvalue weighted by molar-refractivity contribution is 0.420. The molecular weight excluding hydrogens is 213 g/mol. The molecule has 1 aromatic rings. The van der Waals surface area contributed by atoms with Gasteiger partial charge < -0.3 is 5.32 Å². The van der Waals surface area contributed by atoms with Crippen LogP contribution in [0.5, 0.6) is 0 Å². The molecule has 0 amide bonds. The molecule has 2 heteroatoms. The van der Waals surface area contributed by atoms with Crippen LogP contribution in [-0.2, 0) is 0 Å². The fraction of sp³-hybridized carbons (Fsp3) is 0.467. The van der Waals surface area contributed by atoms with Gasteiger partial charge in [0.25, 0.3) is 0 Å². The van der Waals surface area contributed by atoms with Gasteiger partial charge in [-0.3, -0.25) is 0 Å². The van der Waals surface area contributed by atoms with E-state index in [1.54, 1.807) is 12.1 Å². The summed E-state index contributed by atoms with van der Waals surface area (Å²) in [6.07, 6.45) is 5.45. The maximum absolute atomic E-state index is 12.9. The van der Waals surface area contributed by atoms with Crippen molar-refractivity contribution in [1.29, 1.82) is 0 Å². The van der Waals surface area contributed by atoms with E-state index in [1.165, 1.54) is 18.4 Å². The quantitative estimate of drug-likeness (QED) is 0.736. The zero-order valence-corrected chi connectivity index (χ0v) is 10.3. The Morgan fingerprint density at radius 1 is 1.41 bits per heavy atom. The third kappa shape index (κ3) is 3.40. The van der Waals surface area contributed by atoms with Crippen LogP contribution < -0.4 is 5.32 Å². The molecule has 17 heavy (non-hydrogen) atoms. The van der Waals surface area contributed by atoms with Gasteiger partial charge in [0.15, 0.2) is 0 Å². The lowest BCUT2D eigenvalue weighted by atomic mass is 10.0. The minimum atomic E-state index is -0.164. The molecule has 2 unspecified atom stereocenters. The molecule has 1 nitrogen and oxygen atoms in total. The average molecular weight is 233 g/mol. The van der Waals surface area contributed by atoms with E-state index >= 15 is 0 Å². The molecule has 0 radical (unpaired) electrons. The third-order valence-corrected chi connectivity index (χ3v) is 3.31. The monoisotopic (exact) mass is 233 g/mol. The first-order valence-electron chi connectivity index (χ1n) is 6.33. The van der Waals surface area contributed by atoms with E-state index in [0.717, 1.165) is 6.42 Å². The molecule has 1 aliphatic rings. The van der Waals surface area contributed by atoms with Gasteiger partial charge in [0, 0.05) is 12.1 Å². The van der Waals surface area contributed by atoms with Crippen molar-refractivity contribution in [1.82, 2.24) is 5.32 Å². The number of hydrogen-bond acceptors (Lipinski definition) is 1. The van der Waals surface area contributed by atoms with Gasteiger partial charge in [0.1, 0.15) is 5.82 Å². The molecule has 1 N–H and O–H groups in total. The van der Waals surface area contributed by atoms with Gasteiger partial charge in [-0.2, -0.15) is 0 Å². The Bertz CT molecular complexity index is 367. The van der Waals surface area contributed by atoms with Crippen molar-refractivity contribution < 1.29 is 4.39 Å². The fourth-order valence-corrected chi connectivity index (χ4v) is 2.23. The lowest BCUT2D eigenvalue weighted by Crippen LogP contribution is -2.31. The highest BCUT2D eigenvalue weighted by molar-refractivity contribution is 5.22. The molecule has 2 atom stereocenters. The van der Waals surface area contributed by atoms with E-state index in [-0.39, 0.29) is 5.82 Å². The van der Waals surface area contributed by atoms with E-state index in [2.05, 4.69) is 18.8 Å². The third-order valence-electron chi connectivity index (χ3n) is 3.31. The Morgan fingerprint density at radius 2 is 2.06 bits per heavy atom. The van der Waals surface area contributed by atoms with E-state index < -0.39 is 0 Å². The van der Waals surface area contributed by atoms with Gasteiger partial charge in [-0.1, -0.05) is 18.2 Å². The number of rotatable bonds is 6. The SMILES string of the molecule is C=CCC(C)NC(c1ccc(F)cc1)C1CC1. The zero-order chi connectivity index (χ0) is 12.3. The molecule has 0 saturated heterocycles. The molecule has 0 heterocycles. The van der Waals surface area contributed by atoms with Gasteiger partial charge in [-0.15, -0.1) is 6.58 Å². The summed E-state index contributed by atoms with van der Waals surface area (Å²) in [4.78, 5) is 0. The summed E-state index contributed by atoms with van der Waals surface area (Å²) in [5.74, 6) is 0.551. The zero-order valence-electron chi connectivity index (χ0n) is 10.3. The molecule has 1 saturated carbocycles. The van der Waals surface area contributed by atoms with Crippen molar-refractivity contribution >= 4 is 0 Å². The maximum atomic E-state index is 12.9. The summed E-state index contributed by atoms with van der Waals surface area (Å²) < 4.78 is 12.9. The highest BCUT2D eigenvalue weighted by Gasteiger charge is 2.32. The Morgan fingerprint density at radius 3 is 2.59 bits per heavy atom. The summed E-state index contributed by atoms with van der Waals surface area (Å²) in [5.41, 5.74) is 1.20. The van der Waals surface area contributed by atoms with E-state index in [9.17, 15) is 4.39 Å². The summed E-state index contributed by atoms with van der Waals surface area (Å²) in [6, 6.07) is 7.67. The largest absolute Gasteiger partial charge is 0.307 e. The first-order valence-corrected chi connectivity index (χ1v) is 6.33. The van der Waals surface area contributed by atoms with Crippen molar-refractivity contribution in [3.63, 3.8) is 0 Å². The molecule has 0 bridgehead atoms. The van der Waals surface area contributed by atoms with Crippen LogP contribution in [0.15, 0.2) is 36.9 Å². The summed E-state index contributed by atoms with van der Waals surface area (Å²) in [6.45, 7) is 5.93. The molecule has 92 valence electrons. The molecule has 0 aliphatic heterocycles. The number of benzene rings is 1. The van der Waals surface area contributed by atoms with Gasteiger partial charge in [-0.05, 0) is 49.8 Å². The highest BCUT2D eigenvalue weighted by Crippen LogP contribution is 2.41. The second kappa shape index (κ2) is 5.46. The second-order valence-corrected chi connectivity index (χ2v) is 4.96. The van der Waals surface area contributed by atoms with Crippen molar-refractivity contribution in [2.24, 2.45) is 5.92 Å². The Kier molecular flexibility index (Phi) is 3.95. The standard InChI is InChI=1S/C15H20FN/c1-3-4-11(2)17-15(12-5-6-12)13-7-9-14(16)10-8-13/h3,7-12,15,17H,1,4-6H2,2H3. The Balaban J connectivity index is 2.06. The molecule has 1 aromatic carbocycles. The highest BCUT2D eigenvalue weighted by atomic mass is 19.1. The van der Waals surface area contributed by atoms with Crippen LogP contribution in [0.4, 0.5) is 4.39 Å². The number of hydrogen-bond donors (Lipinski definition) is 1. The average Bonchev–Trinajstić information content (AvgIpc) is 3.12. The molecule has 1 aliphatic carbocycles. The fourth-order valence-electron chi connectivity index (χ4n) is 2.23. The van der Waals surface area contributed by atoms with Crippen LogP contribution in [0.2, 0.25) is 0 Å². The molecule has 0 aromatic heterocycles. The predicted molar refractivity (Wildman–Crippen MR) is 69.3 cm³/mol. The Labute approximate surface area is 103 Å². The van der Waals surface area contributed by atoms with Gasteiger partial charge >= 0.3 is 0 Å². The smallest absolute Gasteiger partial charge is 0.123 e. The summed E-state index contributed by atoms with van der Waals surface area (Å²) in [7, 11) is 0. The van der Waals surface area contributed by atoms with E-state index in [0.29, 0.717) is 18.0 Å².